The van der Waals surface area contributed by atoms with Crippen LogP contribution in [-0.2, 0) is 0 Å². The maximum atomic E-state index is 5.67. The first-order chi connectivity index (χ1) is 8.75. The van der Waals surface area contributed by atoms with Crippen molar-refractivity contribution in [2.24, 2.45) is 0 Å². The summed E-state index contributed by atoms with van der Waals surface area (Å²) in [5.41, 5.74) is 2.37. The lowest BCUT2D eigenvalue weighted by Crippen LogP contribution is -2.24. The summed E-state index contributed by atoms with van der Waals surface area (Å²) in [7, 11) is 0. The van der Waals surface area contributed by atoms with Gasteiger partial charge in [-0.3, -0.25) is 0 Å². The van der Waals surface area contributed by atoms with Crippen molar-refractivity contribution >= 4 is 0 Å². The smallest absolute Gasteiger partial charge is 0.119 e. The van der Waals surface area contributed by atoms with Crippen molar-refractivity contribution in [1.82, 2.24) is 5.32 Å². The van der Waals surface area contributed by atoms with E-state index in [0.29, 0.717) is 6.61 Å². The Kier molecular flexibility index (Phi) is 4.42. The minimum absolute atomic E-state index is 0.282. The first kappa shape index (κ1) is 12.7. The molecule has 1 N–H and O–H groups in total. The topological polar surface area (TPSA) is 34.4 Å². The number of rotatable bonds is 6. The molecule has 18 heavy (non-hydrogen) atoms. The van der Waals surface area contributed by atoms with E-state index in [9.17, 15) is 0 Å². The Morgan fingerprint density at radius 1 is 1.33 bits per heavy atom. The monoisotopic (exact) mass is 245 g/mol. The standard InChI is InChI=1S/C15H19NO2/c1-12-4-3-5-15(10-12)18-9-7-16-13(2)14-6-8-17-11-14/h3-6,8,10-11,13,16H,7,9H2,1-2H3. The second kappa shape index (κ2) is 6.26. The first-order valence-electron chi connectivity index (χ1n) is 6.20. The van der Waals surface area contributed by atoms with Gasteiger partial charge in [-0.05, 0) is 37.6 Å². The highest BCUT2D eigenvalue weighted by atomic mass is 16.5. The second-order valence-corrected chi connectivity index (χ2v) is 4.40. The highest BCUT2D eigenvalue weighted by molar-refractivity contribution is 5.27. The van der Waals surface area contributed by atoms with Crippen LogP contribution < -0.4 is 10.1 Å². The minimum atomic E-state index is 0.282. The lowest BCUT2D eigenvalue weighted by atomic mass is 10.2. The zero-order chi connectivity index (χ0) is 12.8. The van der Waals surface area contributed by atoms with Gasteiger partial charge in [-0.25, -0.2) is 0 Å². The normalized spacial score (nSPS) is 12.3. The van der Waals surface area contributed by atoms with E-state index in [1.807, 2.05) is 24.3 Å². The van der Waals surface area contributed by atoms with E-state index >= 15 is 0 Å². The number of hydrogen-bond acceptors (Lipinski definition) is 3. The molecule has 3 heteroatoms. The van der Waals surface area contributed by atoms with Crippen LogP contribution >= 0.6 is 0 Å². The van der Waals surface area contributed by atoms with Gasteiger partial charge in [0, 0.05) is 18.2 Å². The van der Waals surface area contributed by atoms with Gasteiger partial charge in [0.1, 0.15) is 12.4 Å². The number of ether oxygens (including phenoxy) is 1. The van der Waals surface area contributed by atoms with Crippen molar-refractivity contribution in [2.45, 2.75) is 19.9 Å². The summed E-state index contributed by atoms with van der Waals surface area (Å²) >= 11 is 0. The molecule has 3 nitrogen and oxygen atoms in total. The van der Waals surface area contributed by atoms with Gasteiger partial charge in [0.25, 0.3) is 0 Å². The summed E-state index contributed by atoms with van der Waals surface area (Å²) in [5, 5.41) is 3.38. The molecule has 0 radical (unpaired) electrons. The quantitative estimate of drug-likeness (QED) is 0.793. The Hall–Kier alpha value is -1.74. The molecule has 0 amide bonds. The Morgan fingerprint density at radius 3 is 2.94 bits per heavy atom. The Labute approximate surface area is 108 Å². The van der Waals surface area contributed by atoms with Gasteiger partial charge in [0.2, 0.25) is 0 Å². The number of benzene rings is 1. The fraction of sp³-hybridized carbons (Fsp3) is 0.333. The molecule has 2 rings (SSSR count). The SMILES string of the molecule is Cc1cccc(OCCNC(C)c2ccoc2)c1. The minimum Gasteiger partial charge on any atom is -0.492 e. The van der Waals surface area contributed by atoms with Crippen molar-refractivity contribution in [3.05, 3.63) is 54.0 Å². The molecule has 0 saturated carbocycles. The lowest BCUT2D eigenvalue weighted by Gasteiger charge is -2.12. The van der Waals surface area contributed by atoms with Crippen LogP contribution in [0.2, 0.25) is 0 Å². The van der Waals surface area contributed by atoms with Crippen molar-refractivity contribution in [1.29, 1.82) is 0 Å². The van der Waals surface area contributed by atoms with Crippen LogP contribution in [-0.4, -0.2) is 13.2 Å². The third kappa shape index (κ3) is 3.64. The molecule has 0 aliphatic carbocycles. The van der Waals surface area contributed by atoms with E-state index in [2.05, 4.69) is 25.2 Å². The van der Waals surface area contributed by atoms with Gasteiger partial charge >= 0.3 is 0 Å². The Morgan fingerprint density at radius 2 is 2.22 bits per heavy atom. The van der Waals surface area contributed by atoms with Crippen molar-refractivity contribution < 1.29 is 9.15 Å². The van der Waals surface area contributed by atoms with E-state index < -0.39 is 0 Å². The molecule has 1 aromatic heterocycles. The summed E-state index contributed by atoms with van der Waals surface area (Å²) in [5.74, 6) is 0.924. The number of nitrogens with one attached hydrogen (secondary N) is 1. The third-order valence-corrected chi connectivity index (χ3v) is 2.85. The number of aryl methyl sites for hydroxylation is 1. The van der Waals surface area contributed by atoms with E-state index in [0.717, 1.165) is 17.9 Å². The zero-order valence-electron chi connectivity index (χ0n) is 10.8. The van der Waals surface area contributed by atoms with Crippen LogP contribution in [0.4, 0.5) is 0 Å². The summed E-state index contributed by atoms with van der Waals surface area (Å²) in [6.45, 7) is 5.63. The van der Waals surface area contributed by atoms with Gasteiger partial charge in [-0.15, -0.1) is 0 Å². The molecular formula is C15H19NO2. The zero-order valence-corrected chi connectivity index (χ0v) is 10.8. The van der Waals surface area contributed by atoms with Gasteiger partial charge in [-0.1, -0.05) is 12.1 Å². The molecule has 1 unspecified atom stereocenters. The number of furan rings is 1. The summed E-state index contributed by atoms with van der Waals surface area (Å²) in [6, 6.07) is 10.3. The summed E-state index contributed by atoms with van der Waals surface area (Å²) in [4.78, 5) is 0. The van der Waals surface area contributed by atoms with E-state index in [-0.39, 0.29) is 6.04 Å². The largest absolute Gasteiger partial charge is 0.492 e. The van der Waals surface area contributed by atoms with Gasteiger partial charge in [0.05, 0.1) is 12.5 Å². The van der Waals surface area contributed by atoms with E-state index in [1.54, 1.807) is 12.5 Å². The molecule has 0 aliphatic rings. The van der Waals surface area contributed by atoms with Crippen molar-refractivity contribution in [3.8, 4) is 5.75 Å². The molecule has 0 aliphatic heterocycles. The van der Waals surface area contributed by atoms with Crippen molar-refractivity contribution in [2.75, 3.05) is 13.2 Å². The first-order valence-corrected chi connectivity index (χ1v) is 6.20. The lowest BCUT2D eigenvalue weighted by molar-refractivity contribution is 0.307. The highest BCUT2D eigenvalue weighted by Crippen LogP contribution is 2.13. The molecule has 1 heterocycles. The fourth-order valence-electron chi connectivity index (χ4n) is 1.79. The fourth-order valence-corrected chi connectivity index (χ4v) is 1.79. The average molecular weight is 245 g/mol. The molecule has 0 bridgehead atoms. The van der Waals surface area contributed by atoms with Gasteiger partial charge in [-0.2, -0.15) is 0 Å². The van der Waals surface area contributed by atoms with E-state index in [4.69, 9.17) is 9.15 Å². The average Bonchev–Trinajstić information content (AvgIpc) is 2.88. The molecule has 0 fully saturated rings. The van der Waals surface area contributed by atoms with Crippen LogP contribution in [0.1, 0.15) is 24.1 Å². The van der Waals surface area contributed by atoms with Gasteiger partial charge < -0.3 is 14.5 Å². The van der Waals surface area contributed by atoms with Gasteiger partial charge in [0.15, 0.2) is 0 Å². The van der Waals surface area contributed by atoms with Crippen LogP contribution in [0.15, 0.2) is 47.3 Å². The Bertz CT molecular complexity index is 465. The predicted molar refractivity (Wildman–Crippen MR) is 71.8 cm³/mol. The van der Waals surface area contributed by atoms with E-state index in [1.165, 1.54) is 5.56 Å². The summed E-state index contributed by atoms with van der Waals surface area (Å²) in [6.07, 6.45) is 3.45. The molecule has 2 aromatic rings. The Balaban J connectivity index is 1.70. The molecule has 0 saturated heterocycles. The van der Waals surface area contributed by atoms with Crippen LogP contribution in [0.5, 0.6) is 5.75 Å². The molecule has 1 aromatic carbocycles. The number of hydrogen-bond donors (Lipinski definition) is 1. The van der Waals surface area contributed by atoms with Crippen LogP contribution in [0.25, 0.3) is 0 Å². The van der Waals surface area contributed by atoms with Crippen LogP contribution in [0.3, 0.4) is 0 Å². The van der Waals surface area contributed by atoms with Crippen molar-refractivity contribution in [3.63, 3.8) is 0 Å². The molecule has 96 valence electrons. The molecular weight excluding hydrogens is 226 g/mol. The third-order valence-electron chi connectivity index (χ3n) is 2.85. The maximum absolute atomic E-state index is 5.67. The van der Waals surface area contributed by atoms with Crippen LogP contribution in [0, 0.1) is 6.92 Å². The molecule has 0 spiro atoms. The second-order valence-electron chi connectivity index (χ2n) is 4.40. The highest BCUT2D eigenvalue weighted by Gasteiger charge is 2.04. The maximum Gasteiger partial charge on any atom is 0.119 e. The predicted octanol–water partition coefficient (Wildman–Crippen LogP) is 3.32. The molecule has 1 atom stereocenters. The summed E-state index contributed by atoms with van der Waals surface area (Å²) < 4.78 is 10.7.